The number of hydrogen-bond acceptors (Lipinski definition) is 5. The SMILES string of the molecule is COc1cccc(NC(=O)C(=O)NCCCN2CCN(c3ccc(Cl)cc3)CC2)c1. The molecule has 0 aliphatic carbocycles. The Hall–Kier alpha value is -2.77. The summed E-state index contributed by atoms with van der Waals surface area (Å²) >= 11 is 5.95. The van der Waals surface area contributed by atoms with Crippen LogP contribution in [0.1, 0.15) is 6.42 Å². The second-order valence-corrected chi connectivity index (χ2v) is 7.54. The van der Waals surface area contributed by atoms with Crippen molar-refractivity contribution < 1.29 is 14.3 Å². The van der Waals surface area contributed by atoms with Gasteiger partial charge in [-0.2, -0.15) is 0 Å². The molecule has 0 saturated carbocycles. The summed E-state index contributed by atoms with van der Waals surface area (Å²) in [6.45, 7) is 5.18. The first kappa shape index (κ1) is 21.9. The van der Waals surface area contributed by atoms with E-state index >= 15 is 0 Å². The van der Waals surface area contributed by atoms with E-state index in [4.69, 9.17) is 16.3 Å². The predicted octanol–water partition coefficient (Wildman–Crippen LogP) is 2.62. The number of rotatable bonds is 7. The van der Waals surface area contributed by atoms with Gasteiger partial charge in [0.15, 0.2) is 0 Å². The first-order chi connectivity index (χ1) is 14.5. The second kappa shape index (κ2) is 10.8. The third-order valence-electron chi connectivity index (χ3n) is 5.03. The molecular weight excluding hydrogens is 404 g/mol. The van der Waals surface area contributed by atoms with Crippen molar-refractivity contribution in [1.82, 2.24) is 10.2 Å². The van der Waals surface area contributed by atoms with Crippen LogP contribution >= 0.6 is 11.6 Å². The molecule has 1 heterocycles. The monoisotopic (exact) mass is 430 g/mol. The number of carbonyl (C=O) groups is 2. The van der Waals surface area contributed by atoms with E-state index in [0.717, 1.165) is 44.2 Å². The predicted molar refractivity (Wildman–Crippen MR) is 119 cm³/mol. The van der Waals surface area contributed by atoms with Crippen molar-refractivity contribution in [2.45, 2.75) is 6.42 Å². The average Bonchev–Trinajstić information content (AvgIpc) is 2.77. The highest BCUT2D eigenvalue weighted by Crippen LogP contribution is 2.19. The average molecular weight is 431 g/mol. The summed E-state index contributed by atoms with van der Waals surface area (Å²) in [6.07, 6.45) is 0.791. The van der Waals surface area contributed by atoms with Crippen molar-refractivity contribution in [3.8, 4) is 5.75 Å². The maximum Gasteiger partial charge on any atom is 0.313 e. The van der Waals surface area contributed by atoms with Crippen LogP contribution in [0.3, 0.4) is 0 Å². The van der Waals surface area contributed by atoms with E-state index in [-0.39, 0.29) is 0 Å². The molecule has 30 heavy (non-hydrogen) atoms. The number of nitrogens with zero attached hydrogens (tertiary/aromatic N) is 2. The van der Waals surface area contributed by atoms with Crippen LogP contribution in [0.5, 0.6) is 5.75 Å². The summed E-state index contributed by atoms with van der Waals surface area (Å²) in [4.78, 5) is 28.7. The topological polar surface area (TPSA) is 73.9 Å². The standard InChI is InChI=1S/C22H27ClN4O3/c1-30-20-5-2-4-18(16-20)25-22(29)21(28)24-10-3-11-26-12-14-27(15-13-26)19-8-6-17(23)7-9-19/h2,4-9,16H,3,10-15H2,1H3,(H,24,28)(H,25,29). The van der Waals surface area contributed by atoms with Gasteiger partial charge in [-0.1, -0.05) is 17.7 Å². The van der Waals surface area contributed by atoms with Gasteiger partial charge < -0.3 is 20.3 Å². The lowest BCUT2D eigenvalue weighted by atomic mass is 10.2. The van der Waals surface area contributed by atoms with Crippen LogP contribution in [0.15, 0.2) is 48.5 Å². The molecule has 1 saturated heterocycles. The maximum atomic E-state index is 12.0. The summed E-state index contributed by atoms with van der Waals surface area (Å²) in [5, 5.41) is 6.00. The van der Waals surface area contributed by atoms with E-state index in [1.807, 2.05) is 24.3 Å². The minimum Gasteiger partial charge on any atom is -0.497 e. The largest absolute Gasteiger partial charge is 0.497 e. The molecule has 8 heteroatoms. The molecule has 3 rings (SSSR count). The maximum absolute atomic E-state index is 12.0. The minimum absolute atomic E-state index is 0.460. The normalized spacial score (nSPS) is 14.3. The first-order valence-electron chi connectivity index (χ1n) is 10.0. The molecule has 0 atom stereocenters. The Morgan fingerprint density at radius 2 is 1.77 bits per heavy atom. The molecule has 1 fully saturated rings. The highest BCUT2D eigenvalue weighted by molar-refractivity contribution is 6.39. The third-order valence-corrected chi connectivity index (χ3v) is 5.29. The van der Waals surface area contributed by atoms with Gasteiger partial charge >= 0.3 is 11.8 Å². The number of methoxy groups -OCH3 is 1. The number of piperazine rings is 1. The van der Waals surface area contributed by atoms with Crippen LogP contribution in [0.25, 0.3) is 0 Å². The molecule has 0 aromatic heterocycles. The molecule has 2 N–H and O–H groups in total. The lowest BCUT2D eigenvalue weighted by Gasteiger charge is -2.36. The molecule has 0 bridgehead atoms. The van der Waals surface area contributed by atoms with E-state index in [9.17, 15) is 9.59 Å². The van der Waals surface area contributed by atoms with Gasteiger partial charge in [0.1, 0.15) is 5.75 Å². The zero-order valence-corrected chi connectivity index (χ0v) is 17.8. The number of ether oxygens (including phenoxy) is 1. The molecule has 0 spiro atoms. The first-order valence-corrected chi connectivity index (χ1v) is 10.4. The zero-order valence-electron chi connectivity index (χ0n) is 17.1. The molecule has 0 radical (unpaired) electrons. The van der Waals surface area contributed by atoms with Crippen LogP contribution < -0.4 is 20.3 Å². The second-order valence-electron chi connectivity index (χ2n) is 7.10. The highest BCUT2D eigenvalue weighted by atomic mass is 35.5. The number of halogens is 1. The lowest BCUT2D eigenvalue weighted by molar-refractivity contribution is -0.136. The van der Waals surface area contributed by atoms with Gasteiger partial charge in [0, 0.05) is 55.2 Å². The van der Waals surface area contributed by atoms with E-state index < -0.39 is 11.8 Å². The van der Waals surface area contributed by atoms with Crippen LogP contribution in [0.4, 0.5) is 11.4 Å². The van der Waals surface area contributed by atoms with Gasteiger partial charge in [-0.25, -0.2) is 0 Å². The van der Waals surface area contributed by atoms with Crippen LogP contribution in [-0.4, -0.2) is 63.1 Å². The van der Waals surface area contributed by atoms with Crippen molar-refractivity contribution in [2.75, 3.05) is 56.6 Å². The Balaban J connectivity index is 1.32. The molecule has 1 aliphatic rings. The fraction of sp³-hybridized carbons (Fsp3) is 0.364. The molecular formula is C22H27ClN4O3. The Morgan fingerprint density at radius 3 is 2.47 bits per heavy atom. The Kier molecular flexibility index (Phi) is 7.93. The quantitative estimate of drug-likeness (QED) is 0.521. The molecule has 2 amide bonds. The number of anilines is 2. The smallest absolute Gasteiger partial charge is 0.313 e. The lowest BCUT2D eigenvalue weighted by Crippen LogP contribution is -2.47. The van der Waals surface area contributed by atoms with Crippen LogP contribution in [0, 0.1) is 0 Å². The summed E-state index contributed by atoms with van der Waals surface area (Å²) in [7, 11) is 1.55. The molecule has 0 unspecified atom stereocenters. The Bertz CT molecular complexity index is 852. The minimum atomic E-state index is -0.681. The Morgan fingerprint density at radius 1 is 1.03 bits per heavy atom. The summed E-state index contributed by atoms with van der Waals surface area (Å²) in [6, 6.07) is 14.8. The fourth-order valence-electron chi connectivity index (χ4n) is 3.36. The van der Waals surface area contributed by atoms with Crippen LogP contribution in [0.2, 0.25) is 5.02 Å². The fourth-order valence-corrected chi connectivity index (χ4v) is 3.48. The van der Waals surface area contributed by atoms with E-state index in [0.29, 0.717) is 18.0 Å². The number of nitrogens with one attached hydrogen (secondary N) is 2. The number of benzene rings is 2. The Labute approximate surface area is 181 Å². The molecule has 160 valence electrons. The van der Waals surface area contributed by atoms with Crippen molar-refractivity contribution in [2.24, 2.45) is 0 Å². The molecule has 1 aliphatic heterocycles. The molecule has 2 aromatic carbocycles. The number of amides is 2. The number of hydrogen-bond donors (Lipinski definition) is 2. The van der Waals surface area contributed by atoms with Crippen molar-refractivity contribution in [1.29, 1.82) is 0 Å². The van der Waals surface area contributed by atoms with Gasteiger partial charge in [-0.3, -0.25) is 14.5 Å². The van der Waals surface area contributed by atoms with Gasteiger partial charge in [0.05, 0.1) is 7.11 Å². The summed E-state index contributed by atoms with van der Waals surface area (Å²) in [5.74, 6) is -0.699. The summed E-state index contributed by atoms with van der Waals surface area (Å²) in [5.41, 5.74) is 1.71. The number of carbonyl (C=O) groups excluding carboxylic acids is 2. The van der Waals surface area contributed by atoms with Gasteiger partial charge in [0.2, 0.25) is 0 Å². The highest BCUT2D eigenvalue weighted by Gasteiger charge is 2.17. The summed E-state index contributed by atoms with van der Waals surface area (Å²) < 4.78 is 5.11. The molecule has 7 nitrogen and oxygen atoms in total. The van der Waals surface area contributed by atoms with Crippen molar-refractivity contribution >= 4 is 34.8 Å². The van der Waals surface area contributed by atoms with Gasteiger partial charge in [-0.15, -0.1) is 0 Å². The molecule has 2 aromatic rings. The van der Waals surface area contributed by atoms with Gasteiger partial charge in [0.25, 0.3) is 0 Å². The van der Waals surface area contributed by atoms with Crippen molar-refractivity contribution in [3.63, 3.8) is 0 Å². The van der Waals surface area contributed by atoms with E-state index in [1.54, 1.807) is 31.4 Å². The van der Waals surface area contributed by atoms with Crippen molar-refractivity contribution in [3.05, 3.63) is 53.6 Å². The van der Waals surface area contributed by atoms with Crippen LogP contribution in [-0.2, 0) is 9.59 Å². The zero-order chi connectivity index (χ0) is 21.3. The van der Waals surface area contributed by atoms with E-state index in [1.165, 1.54) is 5.69 Å². The van der Waals surface area contributed by atoms with Gasteiger partial charge in [-0.05, 0) is 49.4 Å². The third kappa shape index (κ3) is 6.37. The van der Waals surface area contributed by atoms with E-state index in [2.05, 4.69) is 20.4 Å².